The molecule has 18 heavy (non-hydrogen) atoms. The highest BCUT2D eigenvalue weighted by Crippen LogP contribution is 2.20. The molecule has 100 valence electrons. The summed E-state index contributed by atoms with van der Waals surface area (Å²) in [5, 5.41) is 0.403. The minimum absolute atomic E-state index is 0.403. The van der Waals surface area contributed by atoms with Gasteiger partial charge in [0.1, 0.15) is 6.66 Å². The average Bonchev–Trinajstić information content (AvgIpc) is 2.26. The van der Waals surface area contributed by atoms with Crippen molar-refractivity contribution >= 4 is 23.2 Å². The zero-order chi connectivity index (χ0) is 14.0. The summed E-state index contributed by atoms with van der Waals surface area (Å²) in [6.45, 7) is -0.446. The van der Waals surface area contributed by atoms with Gasteiger partial charge in [0.25, 0.3) is 10.1 Å². The van der Waals surface area contributed by atoms with E-state index in [1.807, 2.05) is 0 Å². The molecule has 0 aliphatic rings. The minimum Gasteiger partial charge on any atom is -0.257 e. The van der Waals surface area contributed by atoms with Gasteiger partial charge in [0.15, 0.2) is 11.9 Å². The molecule has 1 rings (SSSR count). The van der Waals surface area contributed by atoms with Crippen molar-refractivity contribution in [1.29, 1.82) is 0 Å². The molecular formula is C9H9F3O4PS+. The van der Waals surface area contributed by atoms with E-state index in [4.69, 9.17) is 0 Å². The van der Waals surface area contributed by atoms with Crippen molar-refractivity contribution in [3.63, 3.8) is 0 Å². The van der Waals surface area contributed by atoms with Gasteiger partial charge in [0.05, 0.1) is 4.90 Å². The van der Waals surface area contributed by atoms with Crippen LogP contribution in [0.25, 0.3) is 0 Å². The second-order valence-electron chi connectivity index (χ2n) is 3.32. The Labute approximate surface area is 103 Å². The molecule has 1 aromatic rings. The van der Waals surface area contributed by atoms with Crippen LogP contribution in [-0.4, -0.2) is 27.9 Å². The van der Waals surface area contributed by atoms with Crippen LogP contribution in [-0.2, 0) is 18.9 Å². The van der Waals surface area contributed by atoms with Crippen LogP contribution >= 0.6 is 7.80 Å². The first-order valence-electron chi connectivity index (χ1n) is 4.59. The Bertz CT molecular complexity index is 536. The summed E-state index contributed by atoms with van der Waals surface area (Å²) >= 11 is 0. The van der Waals surface area contributed by atoms with Gasteiger partial charge in [-0.3, -0.25) is 4.18 Å². The molecule has 4 nitrogen and oxygen atoms in total. The molecule has 1 unspecified atom stereocenters. The van der Waals surface area contributed by atoms with E-state index in [9.17, 15) is 26.2 Å². The van der Waals surface area contributed by atoms with Crippen LogP contribution in [0.5, 0.6) is 0 Å². The van der Waals surface area contributed by atoms with Crippen molar-refractivity contribution in [3.8, 4) is 0 Å². The Kier molecular flexibility index (Phi) is 4.47. The smallest absolute Gasteiger partial charge is 0.257 e. The Hall–Kier alpha value is -0.980. The predicted molar refractivity (Wildman–Crippen MR) is 58.8 cm³/mol. The summed E-state index contributed by atoms with van der Waals surface area (Å²) in [5.41, 5.74) is 0. The van der Waals surface area contributed by atoms with Crippen LogP contribution < -0.4 is 5.30 Å². The Morgan fingerprint density at radius 1 is 1.22 bits per heavy atom. The fourth-order valence-electron chi connectivity index (χ4n) is 1.04. The Morgan fingerprint density at radius 3 is 2.11 bits per heavy atom. The molecule has 1 aromatic carbocycles. The molecule has 9 heteroatoms. The van der Waals surface area contributed by atoms with E-state index in [0.717, 1.165) is 12.1 Å². The van der Waals surface area contributed by atoms with E-state index in [2.05, 4.69) is 4.18 Å². The predicted octanol–water partition coefficient (Wildman–Crippen LogP) is 2.04. The van der Waals surface area contributed by atoms with Crippen molar-refractivity contribution in [2.75, 3.05) is 13.3 Å². The molecule has 0 heterocycles. The third-order valence-corrected chi connectivity index (χ3v) is 4.17. The summed E-state index contributed by atoms with van der Waals surface area (Å²) in [6, 6.07) is 4.64. The van der Waals surface area contributed by atoms with Crippen LogP contribution in [0.3, 0.4) is 0 Å². The molecule has 0 fully saturated rings. The van der Waals surface area contributed by atoms with E-state index < -0.39 is 35.6 Å². The van der Waals surface area contributed by atoms with Gasteiger partial charge in [0, 0.05) is 0 Å². The van der Waals surface area contributed by atoms with Gasteiger partial charge in [-0.15, -0.1) is 0 Å². The molecular weight excluding hydrogens is 292 g/mol. The Morgan fingerprint density at radius 2 is 1.72 bits per heavy atom. The average molecular weight is 301 g/mol. The number of hydrogen-bond acceptors (Lipinski definition) is 4. The summed E-state index contributed by atoms with van der Waals surface area (Å²) in [7, 11) is -6.09. The highest BCUT2D eigenvalue weighted by atomic mass is 32.2. The third-order valence-electron chi connectivity index (χ3n) is 1.87. The highest BCUT2D eigenvalue weighted by Gasteiger charge is 2.31. The van der Waals surface area contributed by atoms with Crippen molar-refractivity contribution in [2.24, 2.45) is 0 Å². The summed E-state index contributed by atoms with van der Waals surface area (Å²) in [4.78, 5) is -0.410. The van der Waals surface area contributed by atoms with Gasteiger partial charge in [-0.05, 0) is 24.3 Å². The molecule has 0 spiro atoms. The van der Waals surface area contributed by atoms with Crippen molar-refractivity contribution in [1.82, 2.24) is 0 Å². The number of hydrogen-bond donors (Lipinski definition) is 0. The lowest BCUT2D eigenvalue weighted by Crippen LogP contribution is -2.20. The lowest BCUT2D eigenvalue weighted by atomic mass is 10.4. The fraction of sp³-hybridized carbons (Fsp3) is 0.333. The van der Waals surface area contributed by atoms with E-state index >= 15 is 0 Å². The maximum atomic E-state index is 11.8. The van der Waals surface area contributed by atoms with Crippen LogP contribution in [0, 0.1) is 0 Å². The second-order valence-corrected chi connectivity index (χ2v) is 6.45. The second kappa shape index (κ2) is 5.34. The first kappa shape index (κ1) is 15.1. The van der Waals surface area contributed by atoms with Gasteiger partial charge in [-0.25, -0.2) is 0 Å². The topological polar surface area (TPSA) is 60.4 Å². The molecule has 0 saturated carbocycles. The molecule has 0 radical (unpaired) electrons. The van der Waals surface area contributed by atoms with E-state index in [1.54, 1.807) is 0 Å². The van der Waals surface area contributed by atoms with Gasteiger partial charge in [0.2, 0.25) is 0 Å². The maximum absolute atomic E-state index is 11.8. The first-order chi connectivity index (χ1) is 8.12. The quantitative estimate of drug-likeness (QED) is 0.631. The number of rotatable bonds is 4. The standard InChI is InChI=1S/C9H9F3O4PS/c1-17(13)7-2-4-8(5-3-7)18(14,15)16-6-9(10,11)12/h2-5H,6H2,1H3/q+1. The van der Waals surface area contributed by atoms with E-state index in [0.29, 0.717) is 5.30 Å². The zero-order valence-corrected chi connectivity index (χ0v) is 10.8. The SMILES string of the molecule is C[P+](=O)c1ccc(S(=O)(=O)OCC(F)(F)F)cc1. The highest BCUT2D eigenvalue weighted by molar-refractivity contribution is 7.86. The number of alkyl halides is 3. The molecule has 0 saturated heterocycles. The lowest BCUT2D eigenvalue weighted by molar-refractivity contribution is -0.152. The minimum atomic E-state index is -4.72. The van der Waals surface area contributed by atoms with Crippen molar-refractivity contribution < 1.29 is 30.3 Å². The van der Waals surface area contributed by atoms with Gasteiger partial charge >= 0.3 is 14.0 Å². The zero-order valence-electron chi connectivity index (χ0n) is 9.14. The molecule has 0 amide bonds. The van der Waals surface area contributed by atoms with Crippen LogP contribution in [0.4, 0.5) is 13.2 Å². The molecule has 1 atom stereocenters. The van der Waals surface area contributed by atoms with Gasteiger partial charge in [-0.2, -0.15) is 21.6 Å². The Balaban J connectivity index is 2.89. The molecule has 0 aliphatic heterocycles. The molecule has 0 N–H and O–H groups in total. The molecule has 0 bridgehead atoms. The lowest BCUT2D eigenvalue weighted by Gasteiger charge is -2.07. The van der Waals surface area contributed by atoms with Crippen LogP contribution in [0.1, 0.15) is 0 Å². The summed E-state index contributed by atoms with van der Waals surface area (Å²) in [6.07, 6.45) is -4.72. The third kappa shape index (κ3) is 4.36. The van der Waals surface area contributed by atoms with Crippen LogP contribution in [0.15, 0.2) is 29.2 Å². The van der Waals surface area contributed by atoms with Crippen LogP contribution in [0.2, 0.25) is 0 Å². The molecule has 0 aliphatic carbocycles. The molecule has 0 aromatic heterocycles. The maximum Gasteiger partial charge on any atom is 0.413 e. The summed E-state index contributed by atoms with van der Waals surface area (Å²) in [5.74, 6) is 0. The number of benzene rings is 1. The van der Waals surface area contributed by atoms with E-state index in [-0.39, 0.29) is 0 Å². The summed E-state index contributed by atoms with van der Waals surface area (Å²) < 4.78 is 73.2. The largest absolute Gasteiger partial charge is 0.413 e. The van der Waals surface area contributed by atoms with Crippen molar-refractivity contribution in [3.05, 3.63) is 24.3 Å². The van der Waals surface area contributed by atoms with Crippen molar-refractivity contribution in [2.45, 2.75) is 11.1 Å². The van der Waals surface area contributed by atoms with Gasteiger partial charge < -0.3 is 0 Å². The fourth-order valence-corrected chi connectivity index (χ4v) is 2.50. The van der Waals surface area contributed by atoms with Gasteiger partial charge in [-0.1, -0.05) is 4.57 Å². The number of halogens is 3. The van der Waals surface area contributed by atoms with E-state index in [1.165, 1.54) is 18.8 Å². The normalized spacial score (nSPS) is 13.4. The monoisotopic (exact) mass is 301 g/mol. The first-order valence-corrected chi connectivity index (χ1v) is 7.70.